The Morgan fingerprint density at radius 3 is 2.92 bits per heavy atom. The van der Waals surface area contributed by atoms with Gasteiger partial charge in [0.25, 0.3) is 0 Å². The minimum absolute atomic E-state index is 0. The molecule has 1 atom stereocenters. The monoisotopic (exact) mass is 460 g/mol. The van der Waals surface area contributed by atoms with Crippen molar-refractivity contribution in [3.8, 4) is 5.75 Å². The van der Waals surface area contributed by atoms with Gasteiger partial charge in [-0.05, 0) is 49.9 Å². The van der Waals surface area contributed by atoms with Gasteiger partial charge in [-0.15, -0.1) is 24.0 Å². The number of methoxy groups -OCH3 is 1. The second kappa shape index (κ2) is 12.4. The Bertz CT molecular complexity index is 524. The fourth-order valence-electron chi connectivity index (χ4n) is 3.11. The van der Waals surface area contributed by atoms with Gasteiger partial charge in [-0.3, -0.25) is 0 Å². The number of hydrogen-bond donors (Lipinski definition) is 2. The Morgan fingerprint density at radius 2 is 2.20 bits per heavy atom. The first-order valence-electron chi connectivity index (χ1n) is 9.08. The summed E-state index contributed by atoms with van der Waals surface area (Å²) in [6.45, 7) is 10.4. The lowest BCUT2D eigenvalue weighted by Gasteiger charge is -2.30. The molecule has 1 fully saturated rings. The van der Waals surface area contributed by atoms with E-state index in [0.717, 1.165) is 42.8 Å². The Balaban J connectivity index is 0.00000312. The predicted molar refractivity (Wildman–Crippen MR) is 116 cm³/mol. The molecule has 1 aromatic rings. The van der Waals surface area contributed by atoms with Crippen LogP contribution in [0.5, 0.6) is 5.75 Å². The molecule has 0 spiro atoms. The number of nitrogens with one attached hydrogen (secondary N) is 2. The molecule has 142 valence electrons. The summed E-state index contributed by atoms with van der Waals surface area (Å²) < 4.78 is 5.26. The molecule has 1 unspecified atom stereocenters. The summed E-state index contributed by atoms with van der Waals surface area (Å²) in [6, 6.07) is 8.06. The smallest absolute Gasteiger partial charge is 0.191 e. The number of benzene rings is 1. The summed E-state index contributed by atoms with van der Waals surface area (Å²) in [7, 11) is 1.69. The van der Waals surface area contributed by atoms with Crippen molar-refractivity contribution in [1.29, 1.82) is 0 Å². The quantitative estimate of drug-likeness (QED) is 0.373. The van der Waals surface area contributed by atoms with Gasteiger partial charge < -0.3 is 20.3 Å². The van der Waals surface area contributed by atoms with Gasteiger partial charge in [-0.2, -0.15) is 0 Å². The fraction of sp³-hybridized carbons (Fsp3) is 0.632. The predicted octanol–water partition coefficient (Wildman–Crippen LogP) is 3.10. The molecule has 1 aromatic carbocycles. The van der Waals surface area contributed by atoms with Crippen molar-refractivity contribution in [2.75, 3.05) is 39.8 Å². The molecule has 2 rings (SSSR count). The standard InChI is InChI=1S/C19H32N4O.HI/c1-4-20-19(21-10-12-23-11-6-7-16(2)15-23)22-14-17-8-5-9-18(13-17)24-3;/h5,8-9,13,16H,4,6-7,10-12,14-15H2,1-3H3,(H2,20,21,22);1H. The Kier molecular flexibility index (Phi) is 10.9. The van der Waals surface area contributed by atoms with Crippen LogP contribution in [0.25, 0.3) is 0 Å². The molecule has 0 saturated carbocycles. The van der Waals surface area contributed by atoms with Crippen LogP contribution in [0, 0.1) is 5.92 Å². The van der Waals surface area contributed by atoms with Crippen LogP contribution >= 0.6 is 24.0 Å². The highest BCUT2D eigenvalue weighted by atomic mass is 127. The summed E-state index contributed by atoms with van der Waals surface area (Å²) >= 11 is 0. The van der Waals surface area contributed by atoms with Gasteiger partial charge in [0, 0.05) is 26.2 Å². The average molecular weight is 460 g/mol. The largest absolute Gasteiger partial charge is 0.497 e. The first kappa shape index (κ1) is 22.0. The minimum atomic E-state index is 0. The van der Waals surface area contributed by atoms with Crippen LogP contribution in [0.3, 0.4) is 0 Å². The molecule has 1 heterocycles. The van der Waals surface area contributed by atoms with Crippen LogP contribution < -0.4 is 15.4 Å². The highest BCUT2D eigenvalue weighted by Crippen LogP contribution is 2.14. The van der Waals surface area contributed by atoms with E-state index in [4.69, 9.17) is 4.74 Å². The second-order valence-electron chi connectivity index (χ2n) is 6.52. The Hall–Kier alpha value is -1.02. The SMILES string of the molecule is CCNC(=NCc1cccc(OC)c1)NCCN1CCCC(C)C1.I. The molecule has 1 saturated heterocycles. The third kappa shape index (κ3) is 8.27. The van der Waals surface area contributed by atoms with Gasteiger partial charge in [-0.25, -0.2) is 4.99 Å². The van der Waals surface area contributed by atoms with Crippen LogP contribution in [0.4, 0.5) is 0 Å². The van der Waals surface area contributed by atoms with E-state index < -0.39 is 0 Å². The number of rotatable bonds is 7. The van der Waals surface area contributed by atoms with Gasteiger partial charge in [0.2, 0.25) is 0 Å². The number of hydrogen-bond acceptors (Lipinski definition) is 3. The highest BCUT2D eigenvalue weighted by molar-refractivity contribution is 14.0. The molecule has 1 aliphatic heterocycles. The zero-order valence-corrected chi connectivity index (χ0v) is 18.1. The van der Waals surface area contributed by atoms with Crippen molar-refractivity contribution in [2.24, 2.45) is 10.9 Å². The fourth-order valence-corrected chi connectivity index (χ4v) is 3.11. The topological polar surface area (TPSA) is 48.9 Å². The van der Waals surface area contributed by atoms with E-state index in [9.17, 15) is 0 Å². The van der Waals surface area contributed by atoms with Crippen LogP contribution in [0.15, 0.2) is 29.3 Å². The Labute approximate surface area is 169 Å². The van der Waals surface area contributed by atoms with E-state index in [1.165, 1.54) is 25.9 Å². The molecule has 0 amide bonds. The van der Waals surface area contributed by atoms with E-state index in [2.05, 4.69) is 40.4 Å². The second-order valence-corrected chi connectivity index (χ2v) is 6.52. The van der Waals surface area contributed by atoms with Crippen LogP contribution in [-0.4, -0.2) is 50.7 Å². The van der Waals surface area contributed by atoms with E-state index in [0.29, 0.717) is 6.54 Å². The number of ether oxygens (including phenoxy) is 1. The molecule has 5 nitrogen and oxygen atoms in total. The van der Waals surface area contributed by atoms with E-state index in [1.54, 1.807) is 7.11 Å². The number of guanidine groups is 1. The van der Waals surface area contributed by atoms with E-state index in [1.807, 2.05) is 18.2 Å². The Morgan fingerprint density at radius 1 is 1.36 bits per heavy atom. The van der Waals surface area contributed by atoms with Crippen molar-refractivity contribution in [3.63, 3.8) is 0 Å². The summed E-state index contributed by atoms with van der Waals surface area (Å²) in [6.07, 6.45) is 2.69. The number of piperidine rings is 1. The highest BCUT2D eigenvalue weighted by Gasteiger charge is 2.15. The maximum absolute atomic E-state index is 5.26. The molecule has 0 bridgehead atoms. The van der Waals surface area contributed by atoms with E-state index in [-0.39, 0.29) is 24.0 Å². The first-order valence-corrected chi connectivity index (χ1v) is 9.08. The zero-order chi connectivity index (χ0) is 17.2. The molecule has 1 aliphatic rings. The molecule has 2 N–H and O–H groups in total. The van der Waals surface area contributed by atoms with Crippen LogP contribution in [0.2, 0.25) is 0 Å². The van der Waals surface area contributed by atoms with Crippen molar-refractivity contribution >= 4 is 29.9 Å². The lowest BCUT2D eigenvalue weighted by molar-refractivity contribution is 0.187. The summed E-state index contributed by atoms with van der Waals surface area (Å²) in [5.74, 6) is 2.58. The van der Waals surface area contributed by atoms with Crippen molar-refractivity contribution in [3.05, 3.63) is 29.8 Å². The van der Waals surface area contributed by atoms with Crippen molar-refractivity contribution in [1.82, 2.24) is 15.5 Å². The zero-order valence-electron chi connectivity index (χ0n) is 15.8. The molecule has 0 radical (unpaired) electrons. The van der Waals surface area contributed by atoms with Gasteiger partial charge in [0.15, 0.2) is 5.96 Å². The van der Waals surface area contributed by atoms with Crippen molar-refractivity contribution in [2.45, 2.75) is 33.2 Å². The molecule has 0 aliphatic carbocycles. The third-order valence-corrected chi connectivity index (χ3v) is 4.36. The lowest BCUT2D eigenvalue weighted by atomic mass is 10.0. The third-order valence-electron chi connectivity index (χ3n) is 4.36. The number of halogens is 1. The maximum Gasteiger partial charge on any atom is 0.191 e. The molecule has 25 heavy (non-hydrogen) atoms. The normalized spacial score (nSPS) is 18.4. The average Bonchev–Trinajstić information content (AvgIpc) is 2.60. The molecular weight excluding hydrogens is 427 g/mol. The van der Waals surface area contributed by atoms with Gasteiger partial charge in [-0.1, -0.05) is 19.1 Å². The summed E-state index contributed by atoms with van der Waals surface area (Å²) in [5.41, 5.74) is 1.15. The van der Waals surface area contributed by atoms with Crippen LogP contribution in [-0.2, 0) is 6.54 Å². The summed E-state index contributed by atoms with van der Waals surface area (Å²) in [4.78, 5) is 7.23. The first-order chi connectivity index (χ1) is 11.7. The number of likely N-dealkylation sites (tertiary alicyclic amines) is 1. The van der Waals surface area contributed by atoms with Gasteiger partial charge >= 0.3 is 0 Å². The van der Waals surface area contributed by atoms with Gasteiger partial charge in [0.05, 0.1) is 13.7 Å². The summed E-state index contributed by atoms with van der Waals surface area (Å²) in [5, 5.41) is 6.76. The number of nitrogens with zero attached hydrogens (tertiary/aromatic N) is 2. The van der Waals surface area contributed by atoms with Crippen LogP contribution in [0.1, 0.15) is 32.3 Å². The van der Waals surface area contributed by atoms with E-state index >= 15 is 0 Å². The minimum Gasteiger partial charge on any atom is -0.497 e. The maximum atomic E-state index is 5.26. The number of aliphatic imine (C=N–C) groups is 1. The van der Waals surface area contributed by atoms with Gasteiger partial charge in [0.1, 0.15) is 5.75 Å². The molecular formula is C19H33IN4O. The van der Waals surface area contributed by atoms with Crippen molar-refractivity contribution < 1.29 is 4.74 Å². The molecule has 0 aromatic heterocycles. The lowest BCUT2D eigenvalue weighted by Crippen LogP contribution is -2.43. The molecule has 6 heteroatoms.